The molecule has 1 aliphatic rings. The third-order valence-corrected chi connectivity index (χ3v) is 7.90. The minimum Gasteiger partial charge on any atom is -0.495 e. The average Bonchev–Trinajstić information content (AvgIpc) is 3.32. The molecule has 4 rings (SSSR count). The second-order valence-electron chi connectivity index (χ2n) is 8.25. The molecule has 0 spiro atoms. The van der Waals surface area contributed by atoms with Crippen molar-refractivity contribution in [1.82, 2.24) is 14.5 Å². The number of hydrogen-bond donors (Lipinski definition) is 2. The zero-order valence-electron chi connectivity index (χ0n) is 19.0. The number of rotatable bonds is 6. The highest BCUT2D eigenvalue weighted by atomic mass is 32.2. The Morgan fingerprint density at radius 3 is 2.48 bits per heavy atom. The van der Waals surface area contributed by atoms with Gasteiger partial charge in [-0.2, -0.15) is 9.40 Å². The maximum absolute atomic E-state index is 13.3. The smallest absolute Gasteiger partial charge is 0.273 e. The Balaban J connectivity index is 1.60. The lowest BCUT2D eigenvalue weighted by molar-refractivity contribution is 0.102. The van der Waals surface area contributed by atoms with Crippen molar-refractivity contribution < 1.29 is 17.9 Å². The first kappa shape index (κ1) is 23.0. The molecular formula is C24H28N4O4S. The van der Waals surface area contributed by atoms with Crippen LogP contribution in [0.25, 0.3) is 11.3 Å². The second kappa shape index (κ2) is 9.36. The van der Waals surface area contributed by atoms with Crippen LogP contribution in [0, 0.1) is 13.8 Å². The topological polar surface area (TPSA) is 104 Å². The summed E-state index contributed by atoms with van der Waals surface area (Å²) in [4.78, 5) is 12.8. The molecule has 9 heteroatoms. The van der Waals surface area contributed by atoms with Crippen LogP contribution in [-0.2, 0) is 10.0 Å². The van der Waals surface area contributed by atoms with E-state index in [1.54, 1.807) is 24.3 Å². The normalized spacial score (nSPS) is 14.8. The third kappa shape index (κ3) is 4.79. The van der Waals surface area contributed by atoms with Crippen LogP contribution in [0.15, 0.2) is 47.4 Å². The number of ether oxygens (including phenoxy) is 1. The molecule has 0 atom stereocenters. The highest BCUT2D eigenvalue weighted by Gasteiger charge is 2.29. The Bertz CT molecular complexity index is 1280. The molecule has 1 saturated heterocycles. The van der Waals surface area contributed by atoms with Gasteiger partial charge < -0.3 is 10.1 Å². The Labute approximate surface area is 194 Å². The van der Waals surface area contributed by atoms with Crippen LogP contribution in [0.3, 0.4) is 0 Å². The summed E-state index contributed by atoms with van der Waals surface area (Å²) in [5.74, 6) is -0.0424. The van der Waals surface area contributed by atoms with E-state index in [9.17, 15) is 13.2 Å². The van der Waals surface area contributed by atoms with Gasteiger partial charge in [0.1, 0.15) is 16.3 Å². The molecule has 2 heterocycles. The summed E-state index contributed by atoms with van der Waals surface area (Å²) in [6.07, 6.45) is 2.72. The molecule has 1 fully saturated rings. The summed E-state index contributed by atoms with van der Waals surface area (Å²) in [5, 5.41) is 9.84. The van der Waals surface area contributed by atoms with Crippen molar-refractivity contribution in [2.24, 2.45) is 0 Å². The van der Waals surface area contributed by atoms with Crippen LogP contribution >= 0.6 is 0 Å². The molecule has 1 amide bonds. The van der Waals surface area contributed by atoms with E-state index in [0.717, 1.165) is 30.4 Å². The lowest BCUT2D eigenvalue weighted by Crippen LogP contribution is -2.35. The minimum absolute atomic E-state index is 0.105. The Hall–Kier alpha value is -3.17. The number of carbonyl (C=O) groups is 1. The highest BCUT2D eigenvalue weighted by Crippen LogP contribution is 2.32. The quantitative estimate of drug-likeness (QED) is 0.566. The number of hydrogen-bond acceptors (Lipinski definition) is 5. The molecule has 3 aromatic rings. The molecular weight excluding hydrogens is 440 g/mol. The number of anilines is 1. The summed E-state index contributed by atoms with van der Waals surface area (Å²) in [6, 6.07) is 12.2. The first-order valence-electron chi connectivity index (χ1n) is 10.9. The number of benzene rings is 2. The maximum Gasteiger partial charge on any atom is 0.273 e. The molecule has 0 unspecified atom stereocenters. The molecule has 0 bridgehead atoms. The van der Waals surface area contributed by atoms with Crippen LogP contribution in [0.1, 0.15) is 40.9 Å². The van der Waals surface area contributed by atoms with Crippen LogP contribution < -0.4 is 10.1 Å². The molecule has 0 saturated carbocycles. The molecule has 8 nitrogen and oxygen atoms in total. The maximum atomic E-state index is 13.3. The number of H-pyrrole nitrogens is 1. The van der Waals surface area contributed by atoms with Gasteiger partial charge in [-0.15, -0.1) is 0 Å². The molecule has 0 aliphatic carbocycles. The van der Waals surface area contributed by atoms with Gasteiger partial charge in [0, 0.05) is 24.3 Å². The number of methoxy groups -OCH3 is 1. The molecule has 2 N–H and O–H groups in total. The van der Waals surface area contributed by atoms with E-state index in [1.165, 1.54) is 11.4 Å². The molecule has 0 radical (unpaired) electrons. The SMILES string of the molecule is COc1ccc(-c2cc(C(=O)Nc3ccc(C)c(C)c3)[nH]n2)cc1S(=O)(=O)N1CCCCC1. The van der Waals surface area contributed by atoms with E-state index in [0.29, 0.717) is 30.0 Å². The van der Waals surface area contributed by atoms with Crippen LogP contribution in [0.4, 0.5) is 5.69 Å². The zero-order chi connectivity index (χ0) is 23.6. The van der Waals surface area contributed by atoms with Crippen molar-refractivity contribution in [2.45, 2.75) is 38.0 Å². The van der Waals surface area contributed by atoms with Crippen LogP contribution in [-0.4, -0.2) is 49.0 Å². The summed E-state index contributed by atoms with van der Waals surface area (Å²) in [5.41, 5.74) is 4.24. The van der Waals surface area contributed by atoms with Crippen molar-refractivity contribution in [3.8, 4) is 17.0 Å². The third-order valence-electron chi connectivity index (χ3n) is 5.98. The Morgan fingerprint density at radius 1 is 1.03 bits per heavy atom. The lowest BCUT2D eigenvalue weighted by atomic mass is 10.1. The van der Waals surface area contributed by atoms with E-state index < -0.39 is 10.0 Å². The summed E-state index contributed by atoms with van der Waals surface area (Å²) in [7, 11) is -2.25. The number of aryl methyl sites for hydroxylation is 2. The zero-order valence-corrected chi connectivity index (χ0v) is 19.8. The molecule has 1 aromatic heterocycles. The molecule has 33 heavy (non-hydrogen) atoms. The number of aromatic nitrogens is 2. The molecule has 1 aliphatic heterocycles. The first-order chi connectivity index (χ1) is 15.8. The number of amides is 1. The Kier molecular flexibility index (Phi) is 6.53. The van der Waals surface area contributed by atoms with Gasteiger partial charge in [0.2, 0.25) is 10.0 Å². The van der Waals surface area contributed by atoms with Crippen molar-refractivity contribution in [3.05, 3.63) is 59.3 Å². The number of carbonyl (C=O) groups excluding carboxylic acids is 1. The average molecular weight is 469 g/mol. The van der Waals surface area contributed by atoms with Gasteiger partial charge >= 0.3 is 0 Å². The number of nitrogens with zero attached hydrogens (tertiary/aromatic N) is 2. The fourth-order valence-electron chi connectivity index (χ4n) is 3.89. The Morgan fingerprint density at radius 2 is 1.79 bits per heavy atom. The number of aromatic amines is 1. The van der Waals surface area contributed by atoms with Crippen LogP contribution in [0.5, 0.6) is 5.75 Å². The summed E-state index contributed by atoms with van der Waals surface area (Å²) >= 11 is 0. The second-order valence-corrected chi connectivity index (χ2v) is 10.2. The van der Waals surface area contributed by atoms with Gasteiger partial charge in [-0.25, -0.2) is 8.42 Å². The molecule has 174 valence electrons. The van der Waals surface area contributed by atoms with Crippen molar-refractivity contribution in [1.29, 1.82) is 0 Å². The van der Waals surface area contributed by atoms with Crippen molar-refractivity contribution in [2.75, 3.05) is 25.5 Å². The van der Waals surface area contributed by atoms with Gasteiger partial charge in [-0.1, -0.05) is 12.5 Å². The predicted octanol–water partition coefficient (Wildman–Crippen LogP) is 4.13. The van der Waals surface area contributed by atoms with Gasteiger partial charge in [0.05, 0.1) is 12.8 Å². The molecule has 2 aromatic carbocycles. The lowest BCUT2D eigenvalue weighted by Gasteiger charge is -2.26. The van der Waals surface area contributed by atoms with E-state index in [1.807, 2.05) is 32.0 Å². The van der Waals surface area contributed by atoms with Gasteiger partial charge in [0.15, 0.2) is 0 Å². The van der Waals surface area contributed by atoms with Gasteiger partial charge in [-0.3, -0.25) is 9.89 Å². The van der Waals surface area contributed by atoms with Crippen molar-refractivity contribution >= 4 is 21.6 Å². The van der Waals surface area contributed by atoms with Gasteiger partial charge in [-0.05, 0) is 74.2 Å². The minimum atomic E-state index is -3.70. The van der Waals surface area contributed by atoms with Crippen LogP contribution in [0.2, 0.25) is 0 Å². The van der Waals surface area contributed by atoms with E-state index >= 15 is 0 Å². The fourth-order valence-corrected chi connectivity index (χ4v) is 5.58. The standard InChI is InChI=1S/C24H28N4O4S/c1-16-7-9-19(13-17(16)2)25-24(29)21-15-20(26-27-21)18-8-10-22(32-3)23(14-18)33(30,31)28-11-5-4-6-12-28/h7-10,13-15H,4-6,11-12H2,1-3H3,(H,25,29)(H,26,27). The van der Waals surface area contributed by atoms with E-state index in [4.69, 9.17) is 4.74 Å². The summed E-state index contributed by atoms with van der Waals surface area (Å²) < 4.78 is 33.4. The number of piperidine rings is 1. The number of sulfonamides is 1. The predicted molar refractivity (Wildman–Crippen MR) is 127 cm³/mol. The summed E-state index contributed by atoms with van der Waals surface area (Å²) in [6.45, 7) is 5.00. The highest BCUT2D eigenvalue weighted by molar-refractivity contribution is 7.89. The van der Waals surface area contributed by atoms with Crippen molar-refractivity contribution in [3.63, 3.8) is 0 Å². The van der Waals surface area contributed by atoms with E-state index in [2.05, 4.69) is 15.5 Å². The van der Waals surface area contributed by atoms with E-state index in [-0.39, 0.29) is 22.2 Å². The van der Waals surface area contributed by atoms with Gasteiger partial charge in [0.25, 0.3) is 5.91 Å². The monoisotopic (exact) mass is 468 g/mol. The first-order valence-corrected chi connectivity index (χ1v) is 12.4. The largest absolute Gasteiger partial charge is 0.495 e. The number of nitrogens with one attached hydrogen (secondary N) is 2. The fraction of sp³-hybridized carbons (Fsp3) is 0.333.